The van der Waals surface area contributed by atoms with E-state index in [1.165, 1.54) is 0 Å². The van der Waals surface area contributed by atoms with Crippen LogP contribution in [0.2, 0.25) is 0 Å². The van der Waals surface area contributed by atoms with Crippen molar-refractivity contribution in [1.29, 1.82) is 0 Å². The van der Waals surface area contributed by atoms with Gasteiger partial charge in [-0.05, 0) is 38.1 Å². The second-order valence-electron chi connectivity index (χ2n) is 4.41. The number of ketones is 1. The van der Waals surface area contributed by atoms with Crippen LogP contribution >= 0.6 is 0 Å². The maximum atomic E-state index is 11.9. The molecule has 0 spiro atoms. The molecule has 0 atom stereocenters. The van der Waals surface area contributed by atoms with E-state index in [-0.39, 0.29) is 17.8 Å². The number of hydrogen-bond acceptors (Lipinski definition) is 3. The van der Waals surface area contributed by atoms with E-state index >= 15 is 0 Å². The number of Topliss-reactive ketones (excluding diaryl/α,β-unsaturated/α-hetero) is 1. The summed E-state index contributed by atoms with van der Waals surface area (Å²) in [6.07, 6.45) is 0.164. The average Bonchev–Trinajstić information content (AvgIpc) is 2.15. The molecule has 1 aliphatic rings. The van der Waals surface area contributed by atoms with Gasteiger partial charge in [0.05, 0.1) is 6.10 Å². The lowest BCUT2D eigenvalue weighted by Crippen LogP contribution is -2.46. The largest absolute Gasteiger partial charge is 0.491 e. The van der Waals surface area contributed by atoms with Gasteiger partial charge in [0.15, 0.2) is 5.78 Å². The van der Waals surface area contributed by atoms with Crippen molar-refractivity contribution in [2.75, 3.05) is 13.1 Å². The molecule has 1 aromatic rings. The molecule has 0 aliphatic carbocycles. The molecular formula is C13H17NO2. The Kier molecular flexibility index (Phi) is 3.25. The Bertz CT molecular complexity index is 366. The van der Waals surface area contributed by atoms with Gasteiger partial charge < -0.3 is 10.1 Å². The summed E-state index contributed by atoms with van der Waals surface area (Å²) >= 11 is 0. The third kappa shape index (κ3) is 2.42. The van der Waals surface area contributed by atoms with Gasteiger partial charge in [-0.2, -0.15) is 0 Å². The van der Waals surface area contributed by atoms with E-state index in [1.807, 2.05) is 38.1 Å². The van der Waals surface area contributed by atoms with Crippen LogP contribution in [0.15, 0.2) is 24.3 Å². The van der Waals surface area contributed by atoms with Gasteiger partial charge in [0, 0.05) is 24.6 Å². The van der Waals surface area contributed by atoms with E-state index in [1.54, 1.807) is 0 Å². The van der Waals surface area contributed by atoms with Crippen LogP contribution in [0.4, 0.5) is 0 Å². The molecule has 0 saturated carbocycles. The minimum Gasteiger partial charge on any atom is -0.491 e. The van der Waals surface area contributed by atoms with E-state index in [0.717, 1.165) is 24.4 Å². The summed E-state index contributed by atoms with van der Waals surface area (Å²) in [6, 6.07) is 7.41. The molecule has 1 aliphatic heterocycles. The van der Waals surface area contributed by atoms with Crippen molar-refractivity contribution in [3.8, 4) is 5.75 Å². The van der Waals surface area contributed by atoms with Crippen LogP contribution in [0.5, 0.6) is 5.75 Å². The molecule has 0 bridgehead atoms. The molecule has 2 rings (SSSR count). The zero-order chi connectivity index (χ0) is 11.5. The Morgan fingerprint density at radius 1 is 1.31 bits per heavy atom. The normalized spacial score (nSPS) is 15.9. The standard InChI is InChI=1S/C13H17NO2/c1-9(2)16-12-5-3-10(4-6-12)13(15)11-7-14-8-11/h3-6,9,11,14H,7-8H2,1-2H3. The van der Waals surface area contributed by atoms with E-state index in [0.29, 0.717) is 0 Å². The fraction of sp³-hybridized carbons (Fsp3) is 0.462. The second-order valence-corrected chi connectivity index (χ2v) is 4.41. The second kappa shape index (κ2) is 4.66. The zero-order valence-corrected chi connectivity index (χ0v) is 9.69. The maximum Gasteiger partial charge on any atom is 0.168 e. The molecule has 1 saturated heterocycles. The Morgan fingerprint density at radius 2 is 1.94 bits per heavy atom. The number of ether oxygens (including phenoxy) is 1. The first-order valence-electron chi connectivity index (χ1n) is 5.68. The summed E-state index contributed by atoms with van der Waals surface area (Å²) in [5.74, 6) is 1.21. The van der Waals surface area contributed by atoms with Crippen molar-refractivity contribution in [1.82, 2.24) is 5.32 Å². The fourth-order valence-electron chi connectivity index (χ4n) is 1.68. The van der Waals surface area contributed by atoms with Crippen molar-refractivity contribution in [3.05, 3.63) is 29.8 Å². The van der Waals surface area contributed by atoms with Crippen LogP contribution in [0.3, 0.4) is 0 Å². The van der Waals surface area contributed by atoms with E-state index < -0.39 is 0 Å². The Morgan fingerprint density at radius 3 is 2.38 bits per heavy atom. The predicted octanol–water partition coefficient (Wildman–Crippen LogP) is 1.88. The van der Waals surface area contributed by atoms with Gasteiger partial charge in [0.1, 0.15) is 5.75 Å². The summed E-state index contributed by atoms with van der Waals surface area (Å²) in [7, 11) is 0. The van der Waals surface area contributed by atoms with Crippen molar-refractivity contribution < 1.29 is 9.53 Å². The highest BCUT2D eigenvalue weighted by Crippen LogP contribution is 2.17. The number of carbonyl (C=O) groups excluding carboxylic acids is 1. The van der Waals surface area contributed by atoms with Gasteiger partial charge in [0.2, 0.25) is 0 Å². The average molecular weight is 219 g/mol. The van der Waals surface area contributed by atoms with Crippen molar-refractivity contribution in [3.63, 3.8) is 0 Å². The molecule has 1 N–H and O–H groups in total. The number of carbonyl (C=O) groups is 1. The maximum absolute atomic E-state index is 11.9. The number of benzene rings is 1. The molecule has 86 valence electrons. The lowest BCUT2D eigenvalue weighted by molar-refractivity contribution is 0.0878. The van der Waals surface area contributed by atoms with Crippen LogP contribution in [-0.2, 0) is 0 Å². The van der Waals surface area contributed by atoms with Crippen LogP contribution in [0.25, 0.3) is 0 Å². The summed E-state index contributed by atoms with van der Waals surface area (Å²) < 4.78 is 5.53. The Balaban J connectivity index is 2.03. The minimum absolute atomic E-state index is 0.164. The summed E-state index contributed by atoms with van der Waals surface area (Å²) in [6.45, 7) is 5.59. The zero-order valence-electron chi connectivity index (χ0n) is 9.69. The van der Waals surface area contributed by atoms with Crippen molar-refractivity contribution in [2.45, 2.75) is 20.0 Å². The Labute approximate surface area is 95.8 Å². The molecule has 0 amide bonds. The molecule has 3 heteroatoms. The highest BCUT2D eigenvalue weighted by Gasteiger charge is 2.25. The van der Waals surface area contributed by atoms with Crippen LogP contribution in [0, 0.1) is 5.92 Å². The highest BCUT2D eigenvalue weighted by atomic mass is 16.5. The summed E-state index contributed by atoms with van der Waals surface area (Å²) in [4.78, 5) is 11.9. The first kappa shape index (κ1) is 11.1. The highest BCUT2D eigenvalue weighted by molar-refractivity contribution is 5.98. The predicted molar refractivity (Wildman–Crippen MR) is 62.9 cm³/mol. The molecule has 1 heterocycles. The van der Waals surface area contributed by atoms with Gasteiger partial charge in [-0.3, -0.25) is 4.79 Å². The third-order valence-corrected chi connectivity index (χ3v) is 2.66. The summed E-state index contributed by atoms with van der Waals surface area (Å²) in [5, 5.41) is 3.10. The topological polar surface area (TPSA) is 38.3 Å². The summed E-state index contributed by atoms with van der Waals surface area (Å²) in [5.41, 5.74) is 0.780. The van der Waals surface area contributed by atoms with Crippen molar-refractivity contribution in [2.24, 2.45) is 5.92 Å². The first-order chi connectivity index (χ1) is 7.66. The quantitative estimate of drug-likeness (QED) is 0.786. The number of rotatable bonds is 4. The third-order valence-electron chi connectivity index (χ3n) is 2.66. The Hall–Kier alpha value is -1.35. The van der Waals surface area contributed by atoms with Gasteiger partial charge in [0.25, 0.3) is 0 Å². The number of nitrogens with one attached hydrogen (secondary N) is 1. The lowest BCUT2D eigenvalue weighted by atomic mass is 9.93. The molecular weight excluding hydrogens is 202 g/mol. The van der Waals surface area contributed by atoms with E-state index in [4.69, 9.17) is 4.74 Å². The lowest BCUT2D eigenvalue weighted by Gasteiger charge is -2.25. The SMILES string of the molecule is CC(C)Oc1ccc(C(=O)C2CNC2)cc1. The van der Waals surface area contributed by atoms with E-state index in [2.05, 4.69) is 5.32 Å². The molecule has 0 radical (unpaired) electrons. The molecule has 0 aromatic heterocycles. The molecule has 3 nitrogen and oxygen atoms in total. The molecule has 0 unspecified atom stereocenters. The first-order valence-corrected chi connectivity index (χ1v) is 5.68. The van der Waals surface area contributed by atoms with Crippen LogP contribution < -0.4 is 10.1 Å². The van der Waals surface area contributed by atoms with Gasteiger partial charge >= 0.3 is 0 Å². The monoisotopic (exact) mass is 219 g/mol. The van der Waals surface area contributed by atoms with Gasteiger partial charge in [-0.15, -0.1) is 0 Å². The van der Waals surface area contributed by atoms with Gasteiger partial charge in [-0.25, -0.2) is 0 Å². The van der Waals surface area contributed by atoms with Crippen LogP contribution in [-0.4, -0.2) is 25.0 Å². The van der Waals surface area contributed by atoms with Gasteiger partial charge in [-0.1, -0.05) is 0 Å². The van der Waals surface area contributed by atoms with E-state index in [9.17, 15) is 4.79 Å². The number of hydrogen-bond donors (Lipinski definition) is 1. The molecule has 16 heavy (non-hydrogen) atoms. The molecule has 1 aromatic carbocycles. The van der Waals surface area contributed by atoms with Crippen LogP contribution in [0.1, 0.15) is 24.2 Å². The minimum atomic E-state index is 0.164. The molecule has 1 fully saturated rings. The van der Waals surface area contributed by atoms with Crippen molar-refractivity contribution >= 4 is 5.78 Å². The smallest absolute Gasteiger partial charge is 0.168 e. The fourth-order valence-corrected chi connectivity index (χ4v) is 1.68.